The first-order valence-electron chi connectivity index (χ1n) is 10.3. The van der Waals surface area contributed by atoms with E-state index in [-0.39, 0.29) is 29.0 Å². The fourth-order valence-electron chi connectivity index (χ4n) is 4.28. The van der Waals surface area contributed by atoms with Crippen LogP contribution in [0.5, 0.6) is 0 Å². The van der Waals surface area contributed by atoms with Gasteiger partial charge in [0, 0.05) is 35.6 Å². The van der Waals surface area contributed by atoms with Gasteiger partial charge in [-0.2, -0.15) is 9.61 Å². The number of nitrogen functional groups attached to an aromatic ring is 1. The van der Waals surface area contributed by atoms with Crippen molar-refractivity contribution in [2.24, 2.45) is 0 Å². The molecule has 1 fully saturated rings. The molecular weight excluding hydrogens is 428 g/mol. The molecular formula is C22H22N6O3S. The molecule has 10 heteroatoms. The molecule has 0 unspecified atom stereocenters. The Morgan fingerprint density at radius 3 is 2.66 bits per heavy atom. The molecule has 0 saturated carbocycles. The number of aromatic nitrogens is 5. The maximum Gasteiger partial charge on any atom is 0.165 e. The quantitative estimate of drug-likeness (QED) is 0.474. The Bertz CT molecular complexity index is 1430. The summed E-state index contributed by atoms with van der Waals surface area (Å²) in [5, 5.41) is 4.39. The van der Waals surface area contributed by atoms with Crippen LogP contribution in [0.15, 0.2) is 49.2 Å². The summed E-state index contributed by atoms with van der Waals surface area (Å²) in [5.74, 6) is 0.0421. The number of pyridine rings is 1. The lowest BCUT2D eigenvalue weighted by Gasteiger charge is -2.24. The van der Waals surface area contributed by atoms with Crippen LogP contribution >= 0.6 is 0 Å². The van der Waals surface area contributed by atoms with E-state index in [4.69, 9.17) is 10.7 Å². The summed E-state index contributed by atoms with van der Waals surface area (Å²) in [4.78, 5) is 21.4. The van der Waals surface area contributed by atoms with Crippen molar-refractivity contribution in [2.45, 2.75) is 25.7 Å². The van der Waals surface area contributed by atoms with Crippen LogP contribution in [0.2, 0.25) is 0 Å². The van der Waals surface area contributed by atoms with Crippen molar-refractivity contribution in [1.29, 1.82) is 0 Å². The number of hydrogen-bond acceptors (Lipinski definition) is 7. The molecule has 0 atom stereocenters. The van der Waals surface area contributed by atoms with Crippen LogP contribution in [-0.2, 0) is 9.84 Å². The van der Waals surface area contributed by atoms with Gasteiger partial charge in [0.25, 0.3) is 0 Å². The highest BCUT2D eigenvalue weighted by molar-refractivity contribution is 7.91. The van der Waals surface area contributed by atoms with Crippen LogP contribution in [0.4, 0.5) is 5.82 Å². The fraction of sp³-hybridized carbons (Fsp3) is 0.273. The average molecular weight is 451 g/mol. The van der Waals surface area contributed by atoms with Crippen LogP contribution in [-0.4, -0.2) is 49.9 Å². The van der Waals surface area contributed by atoms with Crippen LogP contribution in [0.1, 0.15) is 41.7 Å². The molecule has 0 amide bonds. The minimum Gasteiger partial charge on any atom is -0.383 e. The van der Waals surface area contributed by atoms with Gasteiger partial charge in [-0.25, -0.2) is 13.4 Å². The summed E-state index contributed by atoms with van der Waals surface area (Å²) in [6.07, 6.45) is 9.90. The molecule has 5 rings (SSSR count). The first kappa shape index (κ1) is 20.4. The summed E-state index contributed by atoms with van der Waals surface area (Å²) in [6.45, 7) is 1.45. The number of Topliss-reactive ketones (excluding diaryl/α,β-unsaturated/α-hetero) is 1. The van der Waals surface area contributed by atoms with Crippen molar-refractivity contribution in [1.82, 2.24) is 24.1 Å². The van der Waals surface area contributed by atoms with E-state index in [1.807, 2.05) is 35.2 Å². The van der Waals surface area contributed by atoms with Crippen LogP contribution in [0, 0.1) is 0 Å². The van der Waals surface area contributed by atoms with Gasteiger partial charge in [-0.3, -0.25) is 9.78 Å². The van der Waals surface area contributed by atoms with Gasteiger partial charge in [0.05, 0.1) is 40.8 Å². The fourth-order valence-corrected chi connectivity index (χ4v) is 5.77. The Balaban J connectivity index is 1.63. The summed E-state index contributed by atoms with van der Waals surface area (Å²) in [6, 6.07) is 5.78. The van der Waals surface area contributed by atoms with E-state index in [0.29, 0.717) is 29.7 Å². The predicted molar refractivity (Wildman–Crippen MR) is 121 cm³/mol. The minimum absolute atomic E-state index is 0.0852. The van der Waals surface area contributed by atoms with Gasteiger partial charge < -0.3 is 10.3 Å². The number of nitrogens with zero attached hydrogens (tertiary/aromatic N) is 5. The molecule has 2 N–H and O–H groups in total. The number of carbonyl (C=O) groups is 1. The summed E-state index contributed by atoms with van der Waals surface area (Å²) < 4.78 is 27.3. The van der Waals surface area contributed by atoms with E-state index in [0.717, 1.165) is 16.8 Å². The van der Waals surface area contributed by atoms with Gasteiger partial charge in [-0.1, -0.05) is 0 Å². The Morgan fingerprint density at radius 1 is 1.19 bits per heavy atom. The molecule has 32 heavy (non-hydrogen) atoms. The van der Waals surface area contributed by atoms with Gasteiger partial charge in [-0.15, -0.1) is 0 Å². The highest BCUT2D eigenvalue weighted by Crippen LogP contribution is 2.35. The van der Waals surface area contributed by atoms with Crippen molar-refractivity contribution in [3.05, 3.63) is 60.4 Å². The molecule has 1 saturated heterocycles. The predicted octanol–water partition coefficient (Wildman–Crippen LogP) is 2.66. The number of hydrogen-bond donors (Lipinski definition) is 1. The molecule has 4 aromatic rings. The standard InChI is InChI=1S/C22H22N6O3S/c1-14(29)19-20(15-5-9-32(30,31)10-6-15)26-22-18(12-25-28(22)21(19)23)16-4-8-27(13-16)17-3-2-7-24-11-17/h2-4,7-8,11-13,15H,5-6,9-10,23H2,1H3. The summed E-state index contributed by atoms with van der Waals surface area (Å²) >= 11 is 0. The molecule has 0 aliphatic carbocycles. The zero-order valence-corrected chi connectivity index (χ0v) is 18.3. The zero-order chi connectivity index (χ0) is 22.5. The normalized spacial score (nSPS) is 16.4. The lowest BCUT2D eigenvalue weighted by molar-refractivity contribution is 0.101. The van der Waals surface area contributed by atoms with E-state index in [1.165, 1.54) is 11.4 Å². The van der Waals surface area contributed by atoms with Crippen molar-refractivity contribution in [3.8, 4) is 16.8 Å². The van der Waals surface area contributed by atoms with Crippen molar-refractivity contribution >= 4 is 27.1 Å². The third-order valence-electron chi connectivity index (χ3n) is 5.95. The number of fused-ring (bicyclic) bond motifs is 1. The van der Waals surface area contributed by atoms with Gasteiger partial charge in [-0.05, 0) is 38.0 Å². The summed E-state index contributed by atoms with van der Waals surface area (Å²) in [7, 11) is -3.04. The molecule has 0 radical (unpaired) electrons. The second-order valence-corrected chi connectivity index (χ2v) is 10.4. The smallest absolute Gasteiger partial charge is 0.165 e. The van der Waals surface area contributed by atoms with Crippen LogP contribution < -0.4 is 5.73 Å². The van der Waals surface area contributed by atoms with Crippen molar-refractivity contribution < 1.29 is 13.2 Å². The Kier molecular flexibility index (Phi) is 4.81. The van der Waals surface area contributed by atoms with Crippen molar-refractivity contribution in [3.63, 3.8) is 0 Å². The number of rotatable bonds is 4. The maximum absolute atomic E-state index is 12.4. The lowest BCUT2D eigenvalue weighted by Crippen LogP contribution is -2.25. The van der Waals surface area contributed by atoms with E-state index < -0.39 is 9.84 Å². The van der Waals surface area contributed by atoms with E-state index in [9.17, 15) is 13.2 Å². The van der Waals surface area contributed by atoms with Gasteiger partial charge >= 0.3 is 0 Å². The van der Waals surface area contributed by atoms with E-state index >= 15 is 0 Å². The monoisotopic (exact) mass is 450 g/mol. The molecule has 164 valence electrons. The minimum atomic E-state index is -3.04. The maximum atomic E-state index is 12.4. The van der Waals surface area contributed by atoms with Gasteiger partial charge in [0.1, 0.15) is 15.7 Å². The SMILES string of the molecule is CC(=O)c1c(C2CCS(=O)(=O)CC2)nc2c(-c3ccn(-c4cccnc4)c3)cnn2c1N. The number of anilines is 1. The highest BCUT2D eigenvalue weighted by atomic mass is 32.2. The van der Waals surface area contributed by atoms with Crippen LogP contribution in [0.25, 0.3) is 22.5 Å². The molecule has 0 aromatic carbocycles. The molecule has 0 spiro atoms. The van der Waals surface area contributed by atoms with Gasteiger partial charge in [0.2, 0.25) is 0 Å². The summed E-state index contributed by atoms with van der Waals surface area (Å²) in [5.41, 5.74) is 10.4. The topological polar surface area (TPSA) is 125 Å². The second-order valence-electron chi connectivity index (χ2n) is 8.05. The third-order valence-corrected chi connectivity index (χ3v) is 7.67. The molecule has 0 bridgehead atoms. The van der Waals surface area contributed by atoms with E-state index in [1.54, 1.807) is 18.6 Å². The van der Waals surface area contributed by atoms with Crippen LogP contribution in [0.3, 0.4) is 0 Å². The zero-order valence-electron chi connectivity index (χ0n) is 17.5. The molecule has 5 heterocycles. The number of sulfone groups is 1. The number of nitrogens with two attached hydrogens (primary N) is 1. The Labute approximate surface area is 184 Å². The van der Waals surface area contributed by atoms with Crippen molar-refractivity contribution in [2.75, 3.05) is 17.2 Å². The molecule has 4 aromatic heterocycles. The molecule has 1 aliphatic heterocycles. The molecule has 9 nitrogen and oxygen atoms in total. The first-order chi connectivity index (χ1) is 15.3. The van der Waals surface area contributed by atoms with E-state index in [2.05, 4.69) is 10.1 Å². The number of carbonyl (C=O) groups excluding carboxylic acids is 1. The first-order valence-corrected chi connectivity index (χ1v) is 12.1. The second kappa shape index (κ2) is 7.56. The lowest BCUT2D eigenvalue weighted by atomic mass is 9.93. The Hall–Kier alpha value is -3.53. The van der Waals surface area contributed by atoms with Gasteiger partial charge in [0.15, 0.2) is 11.4 Å². The molecule has 1 aliphatic rings. The average Bonchev–Trinajstić information content (AvgIpc) is 3.41. The third kappa shape index (κ3) is 3.46. The largest absolute Gasteiger partial charge is 0.383 e. The Morgan fingerprint density at radius 2 is 1.97 bits per heavy atom. The number of ketones is 1. The highest BCUT2D eigenvalue weighted by Gasteiger charge is 2.31.